The molecule has 0 saturated carbocycles. The molecule has 0 unspecified atom stereocenters. The SMILES string of the molecule is Cc1ccc(OCc2ncccc2F)cc1N1C=Nc2ncccc2C1. The molecule has 1 aromatic carbocycles. The van der Waals surface area contributed by atoms with Gasteiger partial charge in [-0.25, -0.2) is 14.4 Å². The van der Waals surface area contributed by atoms with Gasteiger partial charge in [-0.3, -0.25) is 4.98 Å². The average molecular weight is 348 g/mol. The van der Waals surface area contributed by atoms with Crippen molar-refractivity contribution in [3.63, 3.8) is 0 Å². The molecule has 0 spiro atoms. The Hall–Kier alpha value is -3.28. The molecule has 0 amide bonds. The van der Waals surface area contributed by atoms with Crippen molar-refractivity contribution >= 4 is 17.8 Å². The lowest BCUT2D eigenvalue weighted by Crippen LogP contribution is -2.24. The van der Waals surface area contributed by atoms with Gasteiger partial charge in [-0.05, 0) is 36.8 Å². The number of halogens is 1. The molecule has 3 heterocycles. The molecular weight excluding hydrogens is 331 g/mol. The fourth-order valence-corrected chi connectivity index (χ4v) is 2.83. The van der Waals surface area contributed by atoms with E-state index in [2.05, 4.69) is 15.0 Å². The van der Waals surface area contributed by atoms with Crippen LogP contribution in [0.15, 0.2) is 59.9 Å². The van der Waals surface area contributed by atoms with Crippen molar-refractivity contribution in [1.82, 2.24) is 9.97 Å². The van der Waals surface area contributed by atoms with Gasteiger partial charge in [0.25, 0.3) is 0 Å². The van der Waals surface area contributed by atoms with Crippen molar-refractivity contribution in [2.24, 2.45) is 4.99 Å². The first-order chi connectivity index (χ1) is 12.7. The van der Waals surface area contributed by atoms with Gasteiger partial charge in [-0.2, -0.15) is 0 Å². The summed E-state index contributed by atoms with van der Waals surface area (Å²) < 4.78 is 19.4. The average Bonchev–Trinajstić information content (AvgIpc) is 2.68. The van der Waals surface area contributed by atoms with E-state index in [1.54, 1.807) is 24.8 Å². The highest BCUT2D eigenvalue weighted by Gasteiger charge is 2.16. The first-order valence-electron chi connectivity index (χ1n) is 8.28. The number of anilines is 1. The third kappa shape index (κ3) is 3.26. The molecule has 3 aromatic rings. The van der Waals surface area contributed by atoms with Gasteiger partial charge in [-0.15, -0.1) is 0 Å². The van der Waals surface area contributed by atoms with Gasteiger partial charge in [0.1, 0.15) is 23.9 Å². The summed E-state index contributed by atoms with van der Waals surface area (Å²) in [5.74, 6) is 1.03. The molecule has 26 heavy (non-hydrogen) atoms. The summed E-state index contributed by atoms with van der Waals surface area (Å²) >= 11 is 0. The second-order valence-electron chi connectivity index (χ2n) is 6.03. The third-order valence-corrected chi connectivity index (χ3v) is 4.23. The van der Waals surface area contributed by atoms with Crippen LogP contribution in [0.5, 0.6) is 5.75 Å². The van der Waals surface area contributed by atoms with Gasteiger partial charge in [0.2, 0.25) is 0 Å². The van der Waals surface area contributed by atoms with Crippen LogP contribution in [-0.2, 0) is 13.2 Å². The number of aromatic nitrogens is 2. The molecule has 0 aliphatic carbocycles. The Bertz CT molecular complexity index is 974. The van der Waals surface area contributed by atoms with E-state index in [9.17, 15) is 4.39 Å². The maximum Gasteiger partial charge on any atom is 0.158 e. The zero-order valence-corrected chi connectivity index (χ0v) is 14.3. The standard InChI is InChI=1S/C20H17FN4O/c1-14-6-7-16(26-12-18-17(21)5-3-8-22-18)10-19(14)25-11-15-4-2-9-23-20(15)24-13-25/h2-10,13H,11-12H2,1H3. The van der Waals surface area contributed by atoms with Gasteiger partial charge in [0.05, 0.1) is 12.9 Å². The number of pyridine rings is 2. The van der Waals surface area contributed by atoms with Crippen molar-refractivity contribution in [3.8, 4) is 5.75 Å². The summed E-state index contributed by atoms with van der Waals surface area (Å²) in [4.78, 5) is 14.7. The molecular formula is C20H17FN4O. The van der Waals surface area contributed by atoms with Gasteiger partial charge in [0, 0.05) is 29.7 Å². The Balaban J connectivity index is 1.55. The minimum atomic E-state index is -0.368. The Morgan fingerprint density at radius 2 is 1.96 bits per heavy atom. The Morgan fingerprint density at radius 1 is 1.12 bits per heavy atom. The number of hydrogen-bond acceptors (Lipinski definition) is 5. The lowest BCUT2D eigenvalue weighted by atomic mass is 10.1. The van der Waals surface area contributed by atoms with Crippen LogP contribution in [0.3, 0.4) is 0 Å². The molecule has 2 aromatic heterocycles. The van der Waals surface area contributed by atoms with E-state index in [-0.39, 0.29) is 18.1 Å². The molecule has 1 aliphatic heterocycles. The van der Waals surface area contributed by atoms with E-state index in [1.165, 1.54) is 6.07 Å². The molecule has 0 fully saturated rings. The molecule has 0 bridgehead atoms. The number of fused-ring (bicyclic) bond motifs is 1. The van der Waals surface area contributed by atoms with Gasteiger partial charge >= 0.3 is 0 Å². The van der Waals surface area contributed by atoms with Crippen LogP contribution in [0.25, 0.3) is 0 Å². The van der Waals surface area contributed by atoms with E-state index in [4.69, 9.17) is 4.74 Å². The second kappa shape index (κ2) is 6.92. The quantitative estimate of drug-likeness (QED) is 0.710. The number of nitrogens with zero attached hydrogens (tertiary/aromatic N) is 4. The van der Waals surface area contributed by atoms with Gasteiger partial charge in [0.15, 0.2) is 5.82 Å². The first kappa shape index (κ1) is 16.2. The molecule has 0 N–H and O–H groups in total. The summed E-state index contributed by atoms with van der Waals surface area (Å²) in [6.07, 6.45) is 5.07. The maximum atomic E-state index is 13.7. The minimum Gasteiger partial charge on any atom is -0.487 e. The second-order valence-corrected chi connectivity index (χ2v) is 6.03. The number of ether oxygens (including phenoxy) is 1. The summed E-state index contributed by atoms with van der Waals surface area (Å²) in [7, 11) is 0. The first-order valence-corrected chi connectivity index (χ1v) is 8.28. The number of benzene rings is 1. The highest BCUT2D eigenvalue weighted by Crippen LogP contribution is 2.30. The number of aryl methyl sites for hydroxylation is 1. The smallest absolute Gasteiger partial charge is 0.158 e. The van der Waals surface area contributed by atoms with E-state index >= 15 is 0 Å². The lowest BCUT2D eigenvalue weighted by molar-refractivity contribution is 0.294. The van der Waals surface area contributed by atoms with Crippen LogP contribution in [0, 0.1) is 12.7 Å². The van der Waals surface area contributed by atoms with Crippen LogP contribution in [-0.4, -0.2) is 16.3 Å². The minimum absolute atomic E-state index is 0.0794. The Morgan fingerprint density at radius 3 is 2.85 bits per heavy atom. The predicted molar refractivity (Wildman–Crippen MR) is 98.3 cm³/mol. The summed E-state index contributed by atoms with van der Waals surface area (Å²) in [5, 5.41) is 0. The fourth-order valence-electron chi connectivity index (χ4n) is 2.83. The van der Waals surface area contributed by atoms with Crippen LogP contribution in [0.1, 0.15) is 16.8 Å². The van der Waals surface area contributed by atoms with E-state index in [1.807, 2.05) is 42.2 Å². The van der Waals surface area contributed by atoms with Crippen LogP contribution in [0.2, 0.25) is 0 Å². The zero-order chi connectivity index (χ0) is 17.9. The number of hydrogen-bond donors (Lipinski definition) is 0. The third-order valence-electron chi connectivity index (χ3n) is 4.23. The maximum absolute atomic E-state index is 13.7. The van der Waals surface area contributed by atoms with Gasteiger partial charge in [-0.1, -0.05) is 12.1 Å². The van der Waals surface area contributed by atoms with Crippen molar-refractivity contribution in [2.45, 2.75) is 20.1 Å². The Labute approximate surface area is 150 Å². The highest BCUT2D eigenvalue weighted by molar-refractivity contribution is 5.85. The fraction of sp³-hybridized carbons (Fsp3) is 0.150. The van der Waals surface area contributed by atoms with Crippen LogP contribution in [0.4, 0.5) is 15.9 Å². The van der Waals surface area contributed by atoms with Crippen molar-refractivity contribution < 1.29 is 9.13 Å². The molecule has 6 heteroatoms. The summed E-state index contributed by atoms with van der Waals surface area (Å²) in [5.41, 5.74) is 3.44. The van der Waals surface area contributed by atoms with Crippen LogP contribution >= 0.6 is 0 Å². The monoisotopic (exact) mass is 348 g/mol. The molecule has 0 radical (unpaired) electrons. The normalized spacial score (nSPS) is 12.8. The molecule has 130 valence electrons. The zero-order valence-electron chi connectivity index (χ0n) is 14.3. The van der Waals surface area contributed by atoms with Gasteiger partial charge < -0.3 is 9.64 Å². The van der Waals surface area contributed by atoms with Crippen LogP contribution < -0.4 is 9.64 Å². The van der Waals surface area contributed by atoms with E-state index < -0.39 is 0 Å². The topological polar surface area (TPSA) is 50.6 Å². The summed E-state index contributed by atoms with van der Waals surface area (Å²) in [6, 6.07) is 12.6. The highest BCUT2D eigenvalue weighted by atomic mass is 19.1. The van der Waals surface area contributed by atoms with E-state index in [0.29, 0.717) is 12.3 Å². The van der Waals surface area contributed by atoms with E-state index in [0.717, 1.165) is 22.6 Å². The van der Waals surface area contributed by atoms with Crippen molar-refractivity contribution in [3.05, 3.63) is 77.5 Å². The predicted octanol–water partition coefficient (Wildman–Crippen LogP) is 4.18. The van der Waals surface area contributed by atoms with Crippen molar-refractivity contribution in [1.29, 1.82) is 0 Å². The Kier molecular flexibility index (Phi) is 4.31. The molecule has 0 saturated heterocycles. The molecule has 5 nitrogen and oxygen atoms in total. The molecule has 4 rings (SSSR count). The van der Waals surface area contributed by atoms with Crippen molar-refractivity contribution in [2.75, 3.05) is 4.90 Å². The summed E-state index contributed by atoms with van der Waals surface area (Å²) in [6.45, 7) is 2.80. The molecule has 1 aliphatic rings. The molecule has 0 atom stereocenters. The lowest BCUT2D eigenvalue weighted by Gasteiger charge is -2.25. The largest absolute Gasteiger partial charge is 0.487 e. The number of aliphatic imine (C=N–C) groups is 1. The number of rotatable bonds is 4.